The lowest BCUT2D eigenvalue weighted by atomic mass is 9.84. The van der Waals surface area contributed by atoms with Crippen LogP contribution in [0.25, 0.3) is 0 Å². The van der Waals surface area contributed by atoms with E-state index in [0.29, 0.717) is 6.42 Å². The Morgan fingerprint density at radius 3 is 2.80 bits per heavy atom. The molecule has 2 unspecified atom stereocenters. The summed E-state index contributed by atoms with van der Waals surface area (Å²) in [7, 11) is 0. The second kappa shape index (κ2) is 5.16. The van der Waals surface area contributed by atoms with Crippen LogP contribution in [-0.4, -0.2) is 16.9 Å². The van der Waals surface area contributed by atoms with Gasteiger partial charge in [0, 0.05) is 12.1 Å². The van der Waals surface area contributed by atoms with Gasteiger partial charge in [0.15, 0.2) is 5.82 Å². The summed E-state index contributed by atoms with van der Waals surface area (Å²) in [4.78, 5) is 22.1. The molecule has 1 aromatic carbocycles. The van der Waals surface area contributed by atoms with Gasteiger partial charge in [-0.3, -0.25) is 14.9 Å². The molecule has 1 aliphatic carbocycles. The molecule has 0 bridgehead atoms. The molecule has 0 aromatic heterocycles. The van der Waals surface area contributed by atoms with Gasteiger partial charge in [0.25, 0.3) is 5.69 Å². The molecule has 0 radical (unpaired) electrons. The number of nitrogens with zero attached hydrogens (tertiary/aromatic N) is 1. The van der Waals surface area contributed by atoms with Crippen LogP contribution in [0.4, 0.5) is 15.8 Å². The second-order valence-electron chi connectivity index (χ2n) is 5.29. The highest BCUT2D eigenvalue weighted by molar-refractivity contribution is 5.96. The second-order valence-corrected chi connectivity index (χ2v) is 5.29. The number of rotatable bonds is 3. The minimum Gasteiger partial charge on any atom is -0.327 e. The Labute approximate surface area is 115 Å². The predicted octanol–water partition coefficient (Wildman–Crippen LogP) is 2.19. The Morgan fingerprint density at radius 2 is 2.30 bits per heavy atom. The van der Waals surface area contributed by atoms with Crippen molar-refractivity contribution in [2.75, 3.05) is 5.32 Å². The van der Waals surface area contributed by atoms with Crippen LogP contribution in [0.15, 0.2) is 18.2 Å². The molecule has 6 nitrogen and oxygen atoms in total. The van der Waals surface area contributed by atoms with Gasteiger partial charge in [0.2, 0.25) is 5.91 Å². The van der Waals surface area contributed by atoms with Crippen molar-refractivity contribution in [1.29, 1.82) is 0 Å². The summed E-state index contributed by atoms with van der Waals surface area (Å²) >= 11 is 0. The molecule has 20 heavy (non-hydrogen) atoms. The molecule has 1 amide bonds. The van der Waals surface area contributed by atoms with Crippen molar-refractivity contribution in [3.8, 4) is 0 Å². The molecule has 0 spiro atoms. The van der Waals surface area contributed by atoms with Gasteiger partial charge in [-0.2, -0.15) is 0 Å². The normalized spacial score (nSPS) is 25.4. The first-order chi connectivity index (χ1) is 9.34. The van der Waals surface area contributed by atoms with Crippen molar-refractivity contribution in [2.24, 2.45) is 11.1 Å². The Hall–Kier alpha value is -2.02. The van der Waals surface area contributed by atoms with E-state index in [1.54, 1.807) is 6.92 Å². The van der Waals surface area contributed by atoms with Crippen LogP contribution >= 0.6 is 0 Å². The van der Waals surface area contributed by atoms with Crippen molar-refractivity contribution in [3.63, 3.8) is 0 Å². The Bertz CT molecular complexity index is 564. The first-order valence-corrected chi connectivity index (χ1v) is 6.35. The van der Waals surface area contributed by atoms with Crippen LogP contribution in [0.1, 0.15) is 26.2 Å². The fourth-order valence-electron chi connectivity index (χ4n) is 2.46. The number of nitrogens with one attached hydrogen (secondary N) is 1. The third kappa shape index (κ3) is 2.49. The average molecular weight is 281 g/mol. The monoisotopic (exact) mass is 281 g/mol. The molecule has 3 N–H and O–H groups in total. The van der Waals surface area contributed by atoms with Gasteiger partial charge in [-0.1, -0.05) is 6.42 Å². The summed E-state index contributed by atoms with van der Waals surface area (Å²) in [6, 6.07) is 2.86. The molecular formula is C13H16FN3O3. The third-order valence-corrected chi connectivity index (χ3v) is 3.96. The number of hydrogen-bond donors (Lipinski definition) is 2. The predicted molar refractivity (Wildman–Crippen MR) is 71.6 cm³/mol. The van der Waals surface area contributed by atoms with E-state index in [0.717, 1.165) is 25.0 Å². The fraction of sp³-hybridized carbons (Fsp3) is 0.462. The molecule has 1 fully saturated rings. The summed E-state index contributed by atoms with van der Waals surface area (Å²) in [6.45, 7) is 1.75. The van der Waals surface area contributed by atoms with Crippen LogP contribution in [0.5, 0.6) is 0 Å². The molecule has 2 rings (SSSR count). The number of nitro groups is 1. The molecule has 1 saturated carbocycles. The lowest BCUT2D eigenvalue weighted by Crippen LogP contribution is -2.44. The van der Waals surface area contributed by atoms with Gasteiger partial charge in [-0.15, -0.1) is 0 Å². The van der Waals surface area contributed by atoms with Crippen molar-refractivity contribution in [1.82, 2.24) is 0 Å². The summed E-state index contributed by atoms with van der Waals surface area (Å²) in [5, 5.41) is 13.0. The Morgan fingerprint density at radius 1 is 1.60 bits per heavy atom. The van der Waals surface area contributed by atoms with Crippen molar-refractivity contribution in [3.05, 3.63) is 34.1 Å². The van der Waals surface area contributed by atoms with Gasteiger partial charge in [0.1, 0.15) is 0 Å². The lowest BCUT2D eigenvalue weighted by Gasteiger charge is -2.27. The Balaban J connectivity index is 2.18. The molecule has 2 atom stereocenters. The molecule has 0 aliphatic heterocycles. The molecule has 108 valence electrons. The molecule has 1 aliphatic rings. The molecule has 1 aromatic rings. The zero-order valence-corrected chi connectivity index (χ0v) is 11.1. The molecule has 0 heterocycles. The number of benzene rings is 1. The largest absolute Gasteiger partial charge is 0.327 e. The highest BCUT2D eigenvalue weighted by Crippen LogP contribution is 2.38. The highest BCUT2D eigenvalue weighted by atomic mass is 19.1. The van der Waals surface area contributed by atoms with E-state index in [1.165, 1.54) is 6.07 Å². The summed E-state index contributed by atoms with van der Waals surface area (Å²) < 4.78 is 13.7. The van der Waals surface area contributed by atoms with E-state index in [2.05, 4.69) is 5.32 Å². The minimum atomic E-state index is -0.831. The van der Waals surface area contributed by atoms with Crippen molar-refractivity contribution < 1.29 is 14.1 Å². The average Bonchev–Trinajstić information content (AvgIpc) is 2.73. The molecule has 0 saturated heterocycles. The van der Waals surface area contributed by atoms with Crippen LogP contribution in [0, 0.1) is 21.3 Å². The van der Waals surface area contributed by atoms with E-state index in [4.69, 9.17) is 5.73 Å². The number of halogens is 1. The van der Waals surface area contributed by atoms with Gasteiger partial charge in [0.05, 0.1) is 22.1 Å². The fourth-order valence-corrected chi connectivity index (χ4v) is 2.46. The maximum absolute atomic E-state index is 13.7. The van der Waals surface area contributed by atoms with E-state index < -0.39 is 16.2 Å². The van der Waals surface area contributed by atoms with Gasteiger partial charge in [-0.05, 0) is 25.8 Å². The standard InChI is InChI=1S/C13H16FN3O3/c1-13(6-2-3-11(13)15)12(18)16-10-5-4-8(17(19)20)7-9(10)14/h4-5,7,11H,2-3,6,15H2,1H3,(H,16,18). The molecular weight excluding hydrogens is 265 g/mol. The van der Waals surface area contributed by atoms with E-state index in [1.807, 2.05) is 0 Å². The van der Waals surface area contributed by atoms with E-state index >= 15 is 0 Å². The van der Waals surface area contributed by atoms with E-state index in [-0.39, 0.29) is 23.3 Å². The number of carbonyl (C=O) groups excluding carboxylic acids is 1. The first kappa shape index (κ1) is 14.4. The third-order valence-electron chi connectivity index (χ3n) is 3.96. The maximum atomic E-state index is 13.7. The summed E-state index contributed by atoms with van der Waals surface area (Å²) in [6.07, 6.45) is 2.26. The number of hydrogen-bond acceptors (Lipinski definition) is 4. The van der Waals surface area contributed by atoms with Crippen molar-refractivity contribution in [2.45, 2.75) is 32.2 Å². The number of amides is 1. The SMILES string of the molecule is CC1(C(=O)Nc2ccc([N+](=O)[O-])cc2F)CCCC1N. The lowest BCUT2D eigenvalue weighted by molar-refractivity contribution is -0.385. The van der Waals surface area contributed by atoms with E-state index in [9.17, 15) is 19.3 Å². The van der Waals surface area contributed by atoms with Crippen LogP contribution in [0.2, 0.25) is 0 Å². The smallest absolute Gasteiger partial charge is 0.272 e. The van der Waals surface area contributed by atoms with Gasteiger partial charge >= 0.3 is 0 Å². The maximum Gasteiger partial charge on any atom is 0.272 e. The van der Waals surface area contributed by atoms with Gasteiger partial charge in [-0.25, -0.2) is 4.39 Å². The number of non-ortho nitro benzene ring substituents is 1. The Kier molecular flexibility index (Phi) is 3.71. The highest BCUT2D eigenvalue weighted by Gasteiger charge is 2.43. The molecule has 7 heteroatoms. The van der Waals surface area contributed by atoms with Crippen molar-refractivity contribution >= 4 is 17.3 Å². The summed E-state index contributed by atoms with van der Waals surface area (Å²) in [5.41, 5.74) is 4.77. The zero-order valence-electron chi connectivity index (χ0n) is 11.1. The quantitative estimate of drug-likeness (QED) is 0.655. The first-order valence-electron chi connectivity index (χ1n) is 6.35. The number of nitrogens with two attached hydrogens (primary N) is 1. The van der Waals surface area contributed by atoms with Gasteiger partial charge < -0.3 is 11.1 Å². The summed E-state index contributed by atoms with van der Waals surface area (Å²) in [5.74, 6) is -1.18. The van der Waals surface area contributed by atoms with Crippen LogP contribution in [-0.2, 0) is 4.79 Å². The number of nitro benzene ring substituents is 1. The number of anilines is 1. The zero-order chi connectivity index (χ0) is 14.9. The van der Waals surface area contributed by atoms with Crippen LogP contribution in [0.3, 0.4) is 0 Å². The van der Waals surface area contributed by atoms with Crippen LogP contribution < -0.4 is 11.1 Å². The number of carbonyl (C=O) groups is 1. The minimum absolute atomic E-state index is 0.0686. The topological polar surface area (TPSA) is 98.3 Å².